The molecule has 0 heterocycles. The molecule has 34 heavy (non-hydrogen) atoms. The van der Waals surface area contributed by atoms with Crippen molar-refractivity contribution in [3.8, 4) is 11.5 Å². The molecule has 0 aliphatic rings. The van der Waals surface area contributed by atoms with Crippen molar-refractivity contribution in [2.45, 2.75) is 49.7 Å². The van der Waals surface area contributed by atoms with E-state index in [9.17, 15) is 14.8 Å². The van der Waals surface area contributed by atoms with Crippen LogP contribution in [0, 0.1) is 0 Å². The second-order valence-electron chi connectivity index (χ2n) is 8.21. The molecule has 0 radical (unpaired) electrons. The Bertz CT molecular complexity index is 796. The second kappa shape index (κ2) is 14.7. The summed E-state index contributed by atoms with van der Waals surface area (Å²) in [6, 6.07) is 13.5. The second-order valence-corrected chi connectivity index (χ2v) is 10.5. The topological polar surface area (TPSA) is 76.0 Å². The number of rotatable bonds is 16. The van der Waals surface area contributed by atoms with Crippen LogP contribution in [0.1, 0.15) is 36.8 Å². The lowest BCUT2D eigenvalue weighted by Gasteiger charge is -2.30. The first-order chi connectivity index (χ1) is 16.3. The van der Waals surface area contributed by atoms with Gasteiger partial charge in [0.2, 0.25) is 0 Å². The molecule has 2 N–H and O–H groups in total. The zero-order valence-electron chi connectivity index (χ0n) is 18.8. The normalized spacial score (nSPS) is 12.1. The van der Waals surface area contributed by atoms with Gasteiger partial charge < -0.3 is 10.2 Å². The maximum absolute atomic E-state index is 13.3. The van der Waals surface area contributed by atoms with E-state index in [1.165, 1.54) is 0 Å². The van der Waals surface area contributed by atoms with E-state index < -0.39 is 19.5 Å². The van der Waals surface area contributed by atoms with Crippen molar-refractivity contribution in [3.05, 3.63) is 59.7 Å². The van der Waals surface area contributed by atoms with Crippen molar-refractivity contribution in [1.82, 2.24) is 0 Å². The summed E-state index contributed by atoms with van der Waals surface area (Å²) in [6.45, 7) is 0. The van der Waals surface area contributed by atoms with E-state index in [0.29, 0.717) is 38.5 Å². The lowest BCUT2D eigenvalue weighted by Crippen LogP contribution is -2.38. The van der Waals surface area contributed by atoms with Gasteiger partial charge in [0.15, 0.2) is 0 Å². The minimum Gasteiger partial charge on any atom is -0.508 e. The minimum atomic E-state index is -2.59. The van der Waals surface area contributed by atoms with Crippen LogP contribution in [0.4, 0.5) is 0 Å². The van der Waals surface area contributed by atoms with Crippen LogP contribution < -0.4 is 0 Å². The summed E-state index contributed by atoms with van der Waals surface area (Å²) in [6.07, 6.45) is 2.41. The highest BCUT2D eigenvalue weighted by Crippen LogP contribution is 2.44. The van der Waals surface area contributed by atoms with Crippen LogP contribution in [0.5, 0.6) is 11.5 Å². The predicted octanol–water partition coefficient (Wildman–Crippen LogP) is 7.57. The largest absolute Gasteiger partial charge is 0.698 e. The Morgan fingerprint density at radius 1 is 0.618 bits per heavy atom. The third-order valence-electron chi connectivity index (χ3n) is 5.66. The number of aromatic hydroxyl groups is 2. The Kier molecular flexibility index (Phi) is 12.7. The van der Waals surface area contributed by atoms with Crippen LogP contribution in [0.2, 0.25) is 0 Å². The number of alkyl halides is 4. The number of halogens is 4. The molecule has 0 saturated carbocycles. The number of hydrogen-bond donors (Lipinski definition) is 2. The number of phenolic OH excluding ortho intramolecular Hbond substituents is 2. The molecule has 2 rings (SSSR count). The molecule has 2 aromatic carbocycles. The quantitative estimate of drug-likeness (QED) is 0.161. The molecular formula is C24H30Cl4O5P+. The van der Waals surface area contributed by atoms with Gasteiger partial charge in [-0.05, 0) is 61.1 Å². The van der Waals surface area contributed by atoms with E-state index >= 15 is 0 Å². The monoisotopic (exact) mass is 569 g/mol. The summed E-state index contributed by atoms with van der Waals surface area (Å²) in [4.78, 5) is 0. The SMILES string of the molecule is O=[P+](OC(CCCl)(CCCl)Cc1ccc(O)cc1)OC(CCCl)(CCCl)Cc1ccc(O)cc1. The van der Waals surface area contributed by atoms with Crippen molar-refractivity contribution >= 4 is 54.7 Å². The molecule has 0 aliphatic carbocycles. The van der Waals surface area contributed by atoms with E-state index in [1.54, 1.807) is 48.5 Å². The molecule has 0 spiro atoms. The molecule has 2 aromatic rings. The first-order valence-electron chi connectivity index (χ1n) is 10.9. The van der Waals surface area contributed by atoms with Gasteiger partial charge in [0.1, 0.15) is 22.7 Å². The summed E-state index contributed by atoms with van der Waals surface area (Å²) < 4.78 is 25.5. The van der Waals surface area contributed by atoms with Gasteiger partial charge in [-0.25, -0.2) is 0 Å². The Hall–Kier alpha value is -0.780. The number of benzene rings is 2. The van der Waals surface area contributed by atoms with E-state index in [0.717, 1.165) is 11.1 Å². The van der Waals surface area contributed by atoms with Crippen LogP contribution in [0.3, 0.4) is 0 Å². The Morgan fingerprint density at radius 2 is 0.912 bits per heavy atom. The molecule has 0 bridgehead atoms. The highest BCUT2D eigenvalue weighted by Gasteiger charge is 2.47. The molecule has 0 saturated heterocycles. The fourth-order valence-electron chi connectivity index (χ4n) is 3.85. The van der Waals surface area contributed by atoms with Crippen LogP contribution in [0.15, 0.2) is 48.5 Å². The minimum absolute atomic E-state index is 0.153. The first-order valence-corrected chi connectivity index (χ1v) is 14.2. The van der Waals surface area contributed by atoms with E-state index in [-0.39, 0.29) is 35.0 Å². The third-order valence-corrected chi connectivity index (χ3v) is 7.49. The van der Waals surface area contributed by atoms with Gasteiger partial charge in [-0.2, -0.15) is 0 Å². The molecule has 0 amide bonds. The Balaban J connectivity index is 2.28. The van der Waals surface area contributed by atoms with Crippen LogP contribution in [0.25, 0.3) is 0 Å². The summed E-state index contributed by atoms with van der Waals surface area (Å²) in [7, 11) is -2.59. The van der Waals surface area contributed by atoms with Gasteiger partial charge in [0.25, 0.3) is 0 Å². The summed E-state index contributed by atoms with van der Waals surface area (Å²) in [5, 5.41) is 19.2. The standard InChI is InChI=1S/C24H29Cl4O5P/c25-13-9-23(10-14-26,17-19-1-5-21(29)6-2-19)32-34(31)33-24(11-15-27,12-16-28)18-20-3-7-22(30)8-4-20/h1-8H,9-18H2,(H-,29,30)/p+1. The fraction of sp³-hybridized carbons (Fsp3) is 0.500. The van der Waals surface area contributed by atoms with Gasteiger partial charge in [0.05, 0.1) is 0 Å². The molecule has 10 heteroatoms. The third kappa shape index (κ3) is 9.35. The lowest BCUT2D eigenvalue weighted by molar-refractivity contribution is 0.00497. The Morgan fingerprint density at radius 3 is 1.18 bits per heavy atom. The van der Waals surface area contributed by atoms with Crippen molar-refractivity contribution in [2.24, 2.45) is 0 Å². The average molecular weight is 571 g/mol. The van der Waals surface area contributed by atoms with Gasteiger partial charge in [0, 0.05) is 40.9 Å². The number of hydrogen-bond acceptors (Lipinski definition) is 5. The highest BCUT2D eigenvalue weighted by atomic mass is 35.5. The lowest BCUT2D eigenvalue weighted by atomic mass is 9.89. The molecule has 0 fully saturated rings. The molecule has 188 valence electrons. The van der Waals surface area contributed by atoms with Crippen LogP contribution in [-0.4, -0.2) is 44.9 Å². The van der Waals surface area contributed by atoms with Crippen LogP contribution in [-0.2, 0) is 26.5 Å². The van der Waals surface area contributed by atoms with Gasteiger partial charge in [-0.3, -0.25) is 0 Å². The average Bonchev–Trinajstić information content (AvgIpc) is 2.77. The smallest absolute Gasteiger partial charge is 0.508 e. The van der Waals surface area contributed by atoms with Crippen molar-refractivity contribution in [2.75, 3.05) is 23.5 Å². The first kappa shape index (κ1) is 29.5. The van der Waals surface area contributed by atoms with E-state index in [2.05, 4.69) is 0 Å². The maximum atomic E-state index is 13.3. The van der Waals surface area contributed by atoms with Crippen LogP contribution >= 0.6 is 54.7 Å². The molecular weight excluding hydrogens is 541 g/mol. The molecule has 0 aromatic heterocycles. The van der Waals surface area contributed by atoms with E-state index in [4.69, 9.17) is 55.5 Å². The molecule has 0 atom stereocenters. The molecule has 0 unspecified atom stereocenters. The van der Waals surface area contributed by atoms with Gasteiger partial charge in [-0.15, -0.1) is 55.5 Å². The molecule has 0 aliphatic heterocycles. The van der Waals surface area contributed by atoms with Crippen molar-refractivity contribution in [1.29, 1.82) is 0 Å². The van der Waals surface area contributed by atoms with E-state index in [1.807, 2.05) is 0 Å². The maximum Gasteiger partial charge on any atom is 0.698 e. The Labute approximate surface area is 222 Å². The van der Waals surface area contributed by atoms with Crippen molar-refractivity contribution < 1.29 is 23.8 Å². The summed E-state index contributed by atoms with van der Waals surface area (Å²) in [5.74, 6) is 1.42. The predicted molar refractivity (Wildman–Crippen MR) is 140 cm³/mol. The summed E-state index contributed by atoms with van der Waals surface area (Å²) in [5.41, 5.74) is -0.0677. The van der Waals surface area contributed by atoms with Gasteiger partial charge >= 0.3 is 8.25 Å². The fourth-order valence-corrected chi connectivity index (χ4v) is 6.39. The summed E-state index contributed by atoms with van der Waals surface area (Å²) >= 11 is 24.4. The van der Waals surface area contributed by atoms with Crippen molar-refractivity contribution in [3.63, 3.8) is 0 Å². The molecule has 5 nitrogen and oxygen atoms in total. The highest BCUT2D eigenvalue weighted by molar-refractivity contribution is 7.33. The zero-order chi connectivity index (χ0) is 25.0. The zero-order valence-corrected chi connectivity index (χ0v) is 22.7. The van der Waals surface area contributed by atoms with Gasteiger partial charge in [-0.1, -0.05) is 24.3 Å². The number of phenols is 2.